The Morgan fingerprint density at radius 3 is 1.27 bits per heavy atom. The fraction of sp³-hybridized carbons (Fsp3) is 0.731. The highest BCUT2D eigenvalue weighted by Gasteiger charge is 2.55. The monoisotopic (exact) mass is 636 g/mol. The number of rotatable bonds is 11. The molecule has 0 unspecified atom stereocenters. The first-order valence-corrected chi connectivity index (χ1v) is 13.3. The lowest BCUT2D eigenvalue weighted by Gasteiger charge is -2.45. The number of hydrogen-bond donors (Lipinski definition) is 1. The minimum absolute atomic E-state index is 0.523. The van der Waals surface area contributed by atoms with Crippen LogP contribution in [0, 0.1) is 0 Å². The van der Waals surface area contributed by atoms with Gasteiger partial charge in [-0.25, -0.2) is 0 Å². The average Bonchev–Trinajstić information content (AvgIpc) is 2.87. The smallest absolute Gasteiger partial charge is 0.303 e. The molecule has 0 bridgehead atoms. The van der Waals surface area contributed by atoms with Gasteiger partial charge in [0.2, 0.25) is 0 Å². The van der Waals surface area contributed by atoms with Crippen molar-refractivity contribution in [1.29, 1.82) is 0 Å². The Hall–Kier alpha value is -3.87. The van der Waals surface area contributed by atoms with Crippen molar-refractivity contribution in [3.63, 3.8) is 0 Å². The van der Waals surface area contributed by atoms with Crippen LogP contribution in [-0.2, 0) is 80.9 Å². The number of aliphatic hydroxyl groups is 1. The Bertz CT molecular complexity index is 1090. The second-order valence-electron chi connectivity index (χ2n) is 9.69. The fourth-order valence-corrected chi connectivity index (χ4v) is 4.52. The zero-order chi connectivity index (χ0) is 33.3. The van der Waals surface area contributed by atoms with Crippen molar-refractivity contribution in [1.82, 2.24) is 0 Å². The van der Waals surface area contributed by atoms with Crippen molar-refractivity contribution in [2.24, 2.45) is 0 Å². The second kappa shape index (κ2) is 16.3. The lowest BCUT2D eigenvalue weighted by Crippen LogP contribution is -2.64. The van der Waals surface area contributed by atoms with E-state index < -0.39 is 116 Å². The SMILES string of the molecule is CC(=O)OC[C@@H]1O[C@@H](OC[C@@H]2O[C@@H](O)[C@H](OC(C)=O)[C@@H](OC(C)=O)[C@@H]2OC(C)=O)[C@H](OC(C)=O)[C@@H](OC(C)=O)[C@@H]1OC(C)=O. The Morgan fingerprint density at radius 2 is 0.841 bits per heavy atom. The van der Waals surface area contributed by atoms with Crippen molar-refractivity contribution < 1.29 is 86.0 Å². The van der Waals surface area contributed by atoms with Gasteiger partial charge in [-0.3, -0.25) is 33.6 Å². The molecule has 0 aliphatic carbocycles. The third-order valence-corrected chi connectivity index (χ3v) is 5.89. The van der Waals surface area contributed by atoms with E-state index in [9.17, 15) is 38.7 Å². The van der Waals surface area contributed by atoms with Crippen LogP contribution >= 0.6 is 0 Å². The van der Waals surface area contributed by atoms with Gasteiger partial charge in [0, 0.05) is 48.5 Å². The summed E-state index contributed by atoms with van der Waals surface area (Å²) in [5.41, 5.74) is 0. The molecule has 0 spiro atoms. The van der Waals surface area contributed by atoms with Crippen LogP contribution in [0.15, 0.2) is 0 Å². The molecular weight excluding hydrogens is 600 g/mol. The molecular formula is C26H36O18. The zero-order valence-corrected chi connectivity index (χ0v) is 25.1. The molecule has 2 rings (SSSR count). The van der Waals surface area contributed by atoms with E-state index in [2.05, 4.69) is 0 Å². The molecule has 0 amide bonds. The number of carbonyl (C=O) groups is 7. The molecule has 2 fully saturated rings. The van der Waals surface area contributed by atoms with Crippen LogP contribution in [0.1, 0.15) is 48.5 Å². The molecule has 18 nitrogen and oxygen atoms in total. The highest BCUT2D eigenvalue weighted by atomic mass is 16.7. The molecule has 0 saturated carbocycles. The third-order valence-electron chi connectivity index (χ3n) is 5.89. The average molecular weight is 637 g/mol. The van der Waals surface area contributed by atoms with Crippen molar-refractivity contribution in [2.75, 3.05) is 13.2 Å². The van der Waals surface area contributed by atoms with Gasteiger partial charge in [0.05, 0.1) is 6.61 Å². The standard InChI is InChI=1S/C26H36O18/c1-10(27)35-8-18-20(38-12(3)29)22(40-14(5)31)24(42-16(7)33)26(44-18)36-9-17-19(37-11(2)28)21(39-13(4)30)23(25(34)43-17)41-15(6)32/h17-26,34H,8-9H2,1-7H3/t17-,18-,19+,20+,21-,22-,23+,24+,25+,26+/m0/s1. The Labute approximate surface area is 251 Å². The Kier molecular flexibility index (Phi) is 13.4. The first-order valence-electron chi connectivity index (χ1n) is 13.3. The molecule has 10 atom stereocenters. The Balaban J connectivity index is 2.48. The summed E-state index contributed by atoms with van der Waals surface area (Å²) in [4.78, 5) is 83.0. The predicted octanol–water partition coefficient (Wildman–Crippen LogP) is -1.40. The van der Waals surface area contributed by atoms with Crippen LogP contribution in [-0.4, -0.2) is 122 Å². The summed E-state index contributed by atoms with van der Waals surface area (Å²) in [5.74, 6) is -5.94. The normalized spacial score (nSPS) is 31.5. The van der Waals surface area contributed by atoms with Crippen LogP contribution in [0.5, 0.6) is 0 Å². The Morgan fingerprint density at radius 1 is 0.477 bits per heavy atom. The van der Waals surface area contributed by atoms with Gasteiger partial charge in [-0.15, -0.1) is 0 Å². The van der Waals surface area contributed by atoms with E-state index in [1.807, 2.05) is 0 Å². The maximum Gasteiger partial charge on any atom is 0.303 e. The van der Waals surface area contributed by atoms with Crippen molar-refractivity contribution in [2.45, 2.75) is 110 Å². The largest absolute Gasteiger partial charge is 0.463 e. The van der Waals surface area contributed by atoms with E-state index in [-0.39, 0.29) is 0 Å². The van der Waals surface area contributed by atoms with Gasteiger partial charge in [-0.2, -0.15) is 0 Å². The lowest BCUT2D eigenvalue weighted by atomic mass is 9.97. The molecule has 1 N–H and O–H groups in total. The number of carbonyl (C=O) groups excluding carboxylic acids is 7. The zero-order valence-electron chi connectivity index (χ0n) is 25.1. The highest BCUT2D eigenvalue weighted by molar-refractivity contribution is 5.69. The number of aliphatic hydroxyl groups excluding tert-OH is 1. The van der Waals surface area contributed by atoms with Crippen LogP contribution in [0.2, 0.25) is 0 Å². The lowest BCUT2D eigenvalue weighted by molar-refractivity contribution is -0.330. The van der Waals surface area contributed by atoms with Gasteiger partial charge in [-0.1, -0.05) is 0 Å². The van der Waals surface area contributed by atoms with Gasteiger partial charge in [0.25, 0.3) is 0 Å². The highest BCUT2D eigenvalue weighted by Crippen LogP contribution is 2.32. The van der Waals surface area contributed by atoms with Gasteiger partial charge < -0.3 is 52.5 Å². The second-order valence-corrected chi connectivity index (χ2v) is 9.69. The molecule has 0 aromatic heterocycles. The summed E-state index contributed by atoms with van der Waals surface area (Å²) in [6.45, 7) is 6.15. The molecule has 0 aromatic rings. The summed E-state index contributed by atoms with van der Waals surface area (Å²) < 4.78 is 53.7. The van der Waals surface area contributed by atoms with Crippen molar-refractivity contribution in [3.05, 3.63) is 0 Å². The van der Waals surface area contributed by atoms with E-state index in [0.717, 1.165) is 48.5 Å². The summed E-state index contributed by atoms with van der Waals surface area (Å²) in [6.07, 6.45) is -15.6. The van der Waals surface area contributed by atoms with Crippen LogP contribution in [0.25, 0.3) is 0 Å². The molecule has 2 saturated heterocycles. The number of hydrogen-bond acceptors (Lipinski definition) is 18. The molecule has 18 heteroatoms. The first-order chi connectivity index (χ1) is 20.5. The maximum atomic E-state index is 12.1. The van der Waals surface area contributed by atoms with E-state index >= 15 is 0 Å². The molecule has 2 aliphatic heterocycles. The van der Waals surface area contributed by atoms with E-state index in [0.29, 0.717) is 0 Å². The topological polar surface area (TPSA) is 232 Å². The van der Waals surface area contributed by atoms with E-state index in [1.165, 1.54) is 0 Å². The third kappa shape index (κ3) is 10.7. The van der Waals surface area contributed by atoms with Crippen LogP contribution < -0.4 is 0 Å². The molecule has 44 heavy (non-hydrogen) atoms. The van der Waals surface area contributed by atoms with Gasteiger partial charge >= 0.3 is 41.8 Å². The fourth-order valence-electron chi connectivity index (χ4n) is 4.52. The molecule has 0 aromatic carbocycles. The number of ether oxygens (including phenoxy) is 10. The summed E-state index contributed by atoms with van der Waals surface area (Å²) in [7, 11) is 0. The van der Waals surface area contributed by atoms with Gasteiger partial charge in [0.1, 0.15) is 18.8 Å². The summed E-state index contributed by atoms with van der Waals surface area (Å²) >= 11 is 0. The van der Waals surface area contributed by atoms with Crippen molar-refractivity contribution >= 4 is 41.8 Å². The molecule has 248 valence electrons. The summed E-state index contributed by atoms with van der Waals surface area (Å²) in [5, 5.41) is 10.6. The van der Waals surface area contributed by atoms with Crippen LogP contribution in [0.3, 0.4) is 0 Å². The molecule has 0 radical (unpaired) electrons. The first kappa shape index (κ1) is 36.3. The van der Waals surface area contributed by atoms with E-state index in [1.54, 1.807) is 0 Å². The summed E-state index contributed by atoms with van der Waals surface area (Å²) in [6, 6.07) is 0. The molecule has 2 aliphatic rings. The number of esters is 7. The van der Waals surface area contributed by atoms with Gasteiger partial charge in [-0.05, 0) is 0 Å². The predicted molar refractivity (Wildman–Crippen MR) is 135 cm³/mol. The van der Waals surface area contributed by atoms with Gasteiger partial charge in [0.15, 0.2) is 49.2 Å². The molecule has 2 heterocycles. The minimum atomic E-state index is -1.90. The minimum Gasteiger partial charge on any atom is -0.463 e. The van der Waals surface area contributed by atoms with Crippen LogP contribution in [0.4, 0.5) is 0 Å². The van der Waals surface area contributed by atoms with Crippen molar-refractivity contribution in [3.8, 4) is 0 Å². The van der Waals surface area contributed by atoms with E-state index in [4.69, 9.17) is 47.4 Å². The quantitative estimate of drug-likeness (QED) is 0.203. The maximum absolute atomic E-state index is 12.1.